The molecule has 3 N–H and O–H groups in total. The first-order valence-electron chi connectivity index (χ1n) is 10.2. The van der Waals surface area contributed by atoms with Crippen LogP contribution in [0.3, 0.4) is 0 Å². The summed E-state index contributed by atoms with van der Waals surface area (Å²) in [6.07, 6.45) is 10.1. The van der Waals surface area contributed by atoms with Crippen LogP contribution in [0.2, 0.25) is 0 Å². The van der Waals surface area contributed by atoms with E-state index in [2.05, 4.69) is 44.8 Å². The maximum Gasteiger partial charge on any atom is 0.0455 e. The smallest absolute Gasteiger partial charge is 0.0455 e. The molecule has 4 heteroatoms. The Morgan fingerprint density at radius 3 is 2.56 bits per heavy atom. The minimum Gasteiger partial charge on any atom is -0.368 e. The summed E-state index contributed by atoms with van der Waals surface area (Å²) in [5.41, 5.74) is 2.67. The van der Waals surface area contributed by atoms with Gasteiger partial charge < -0.3 is 20.5 Å². The summed E-state index contributed by atoms with van der Waals surface area (Å²) in [5.74, 6) is 0.843. The Labute approximate surface area is 150 Å². The number of nitrogens with zero attached hydrogens (tertiary/aromatic N) is 1. The van der Waals surface area contributed by atoms with Crippen LogP contribution in [0.1, 0.15) is 38.5 Å². The van der Waals surface area contributed by atoms with E-state index in [0.717, 1.165) is 31.1 Å². The third kappa shape index (κ3) is 3.18. The zero-order chi connectivity index (χ0) is 16.6. The summed E-state index contributed by atoms with van der Waals surface area (Å²) in [4.78, 5) is 6.08. The summed E-state index contributed by atoms with van der Waals surface area (Å²) in [6, 6.07) is 11.4. The van der Waals surface area contributed by atoms with Crippen molar-refractivity contribution in [1.29, 1.82) is 0 Å². The number of aromatic nitrogens is 1. The number of nitrogens with one attached hydrogen (secondary N) is 3. The van der Waals surface area contributed by atoms with E-state index >= 15 is 0 Å². The third-order valence-corrected chi connectivity index (χ3v) is 6.64. The molecule has 0 aliphatic carbocycles. The molecular formula is C21H30N4. The number of benzene rings is 1. The van der Waals surface area contributed by atoms with E-state index < -0.39 is 0 Å². The standard InChI is InChI=1S/C21H30N4/c1-2-18-12-15(11-17(1)24-18)14-25(19-6-8-22-9-7-19)20-3-4-21-16(13-20)5-10-23-21/h3-5,10,13,15,17-19,22-24H,1-2,6-9,11-12,14H2. The van der Waals surface area contributed by atoms with Gasteiger partial charge in [-0.3, -0.25) is 0 Å². The quantitative estimate of drug-likeness (QED) is 0.802. The van der Waals surface area contributed by atoms with E-state index in [1.807, 2.05) is 6.20 Å². The highest BCUT2D eigenvalue weighted by atomic mass is 15.2. The van der Waals surface area contributed by atoms with Gasteiger partial charge >= 0.3 is 0 Å². The van der Waals surface area contributed by atoms with Crippen LogP contribution >= 0.6 is 0 Å². The summed E-state index contributed by atoms with van der Waals surface area (Å²) >= 11 is 0. The van der Waals surface area contributed by atoms with Crippen molar-refractivity contribution >= 4 is 16.6 Å². The average molecular weight is 338 g/mol. The van der Waals surface area contributed by atoms with Gasteiger partial charge in [0.2, 0.25) is 0 Å². The topological polar surface area (TPSA) is 43.1 Å². The van der Waals surface area contributed by atoms with E-state index in [9.17, 15) is 0 Å². The van der Waals surface area contributed by atoms with Crippen LogP contribution in [-0.4, -0.2) is 42.7 Å². The molecule has 0 saturated carbocycles. The molecule has 0 radical (unpaired) electrons. The van der Waals surface area contributed by atoms with Gasteiger partial charge in [-0.2, -0.15) is 0 Å². The van der Waals surface area contributed by atoms with Gasteiger partial charge in [-0.1, -0.05) is 0 Å². The van der Waals surface area contributed by atoms with Gasteiger partial charge in [-0.25, -0.2) is 0 Å². The van der Waals surface area contributed by atoms with E-state index in [4.69, 9.17) is 0 Å². The van der Waals surface area contributed by atoms with E-state index in [-0.39, 0.29) is 0 Å². The third-order valence-electron chi connectivity index (χ3n) is 6.64. The van der Waals surface area contributed by atoms with Crippen molar-refractivity contribution in [2.75, 3.05) is 24.5 Å². The molecular weight excluding hydrogens is 308 g/mol. The monoisotopic (exact) mass is 338 g/mol. The molecule has 4 heterocycles. The number of hydrogen-bond acceptors (Lipinski definition) is 3. The molecule has 2 atom stereocenters. The van der Waals surface area contributed by atoms with Crippen LogP contribution in [0.25, 0.3) is 10.9 Å². The lowest BCUT2D eigenvalue weighted by molar-refractivity contribution is 0.289. The molecule has 2 bridgehead atoms. The number of hydrogen-bond donors (Lipinski definition) is 3. The molecule has 0 amide bonds. The Balaban J connectivity index is 1.41. The van der Waals surface area contributed by atoms with Crippen LogP contribution in [0.15, 0.2) is 30.5 Å². The van der Waals surface area contributed by atoms with Crippen LogP contribution in [0.5, 0.6) is 0 Å². The molecule has 3 aliphatic heterocycles. The molecule has 1 aromatic carbocycles. The van der Waals surface area contributed by atoms with Gasteiger partial charge in [0.05, 0.1) is 0 Å². The maximum absolute atomic E-state index is 3.80. The Hall–Kier alpha value is -1.52. The van der Waals surface area contributed by atoms with Gasteiger partial charge in [0.1, 0.15) is 0 Å². The van der Waals surface area contributed by atoms with Crippen molar-refractivity contribution in [1.82, 2.24) is 15.6 Å². The summed E-state index contributed by atoms with van der Waals surface area (Å²) in [6.45, 7) is 3.55. The molecule has 2 aromatic rings. The Morgan fingerprint density at radius 1 is 0.960 bits per heavy atom. The van der Waals surface area contributed by atoms with Gasteiger partial charge in [0, 0.05) is 47.5 Å². The lowest BCUT2D eigenvalue weighted by Crippen LogP contribution is -2.48. The highest BCUT2D eigenvalue weighted by Crippen LogP contribution is 2.34. The zero-order valence-corrected chi connectivity index (χ0v) is 15.0. The molecule has 3 aliphatic rings. The largest absolute Gasteiger partial charge is 0.368 e. The fourth-order valence-corrected chi connectivity index (χ4v) is 5.41. The van der Waals surface area contributed by atoms with Crippen molar-refractivity contribution in [2.45, 2.75) is 56.7 Å². The first kappa shape index (κ1) is 15.7. The van der Waals surface area contributed by atoms with Gasteiger partial charge in [0.25, 0.3) is 0 Å². The second kappa shape index (κ2) is 6.65. The minimum absolute atomic E-state index is 0.685. The SMILES string of the molecule is c1cc2cc(N(CC3CC4CCC(C3)N4)C3CCNCC3)ccc2[nH]1. The van der Waals surface area contributed by atoms with Crippen molar-refractivity contribution in [3.63, 3.8) is 0 Å². The van der Waals surface area contributed by atoms with Gasteiger partial charge in [-0.05, 0) is 81.8 Å². The summed E-state index contributed by atoms with van der Waals surface area (Å²) in [7, 11) is 0. The first-order valence-corrected chi connectivity index (χ1v) is 10.2. The van der Waals surface area contributed by atoms with Crippen molar-refractivity contribution in [3.05, 3.63) is 30.5 Å². The number of rotatable bonds is 4. The van der Waals surface area contributed by atoms with Gasteiger partial charge in [0.15, 0.2) is 0 Å². The Kier molecular flexibility index (Phi) is 4.18. The number of anilines is 1. The summed E-state index contributed by atoms with van der Waals surface area (Å²) < 4.78 is 0. The van der Waals surface area contributed by atoms with E-state index in [1.165, 1.54) is 61.7 Å². The minimum atomic E-state index is 0.685. The normalized spacial score (nSPS) is 30.0. The fraction of sp³-hybridized carbons (Fsp3) is 0.619. The number of piperidine rings is 2. The van der Waals surface area contributed by atoms with Gasteiger partial charge in [-0.15, -0.1) is 0 Å². The second-order valence-corrected chi connectivity index (χ2v) is 8.36. The van der Waals surface area contributed by atoms with Crippen molar-refractivity contribution in [3.8, 4) is 0 Å². The zero-order valence-electron chi connectivity index (χ0n) is 15.0. The molecule has 3 saturated heterocycles. The Morgan fingerprint density at radius 2 is 1.76 bits per heavy atom. The molecule has 134 valence electrons. The highest BCUT2D eigenvalue weighted by Gasteiger charge is 2.35. The van der Waals surface area contributed by atoms with Crippen LogP contribution < -0.4 is 15.5 Å². The summed E-state index contributed by atoms with van der Waals surface area (Å²) in [5, 5.41) is 8.67. The Bertz CT molecular complexity index is 706. The maximum atomic E-state index is 3.80. The predicted octanol–water partition coefficient (Wildman–Crippen LogP) is 3.26. The lowest BCUT2D eigenvalue weighted by atomic mass is 9.90. The molecule has 25 heavy (non-hydrogen) atoms. The van der Waals surface area contributed by atoms with Crippen LogP contribution in [-0.2, 0) is 0 Å². The average Bonchev–Trinajstić information content (AvgIpc) is 3.25. The van der Waals surface area contributed by atoms with E-state index in [0.29, 0.717) is 6.04 Å². The molecule has 3 fully saturated rings. The fourth-order valence-electron chi connectivity index (χ4n) is 5.41. The highest BCUT2D eigenvalue weighted by molar-refractivity contribution is 5.83. The predicted molar refractivity (Wildman–Crippen MR) is 104 cm³/mol. The lowest BCUT2D eigenvalue weighted by Gasteiger charge is -2.40. The van der Waals surface area contributed by atoms with Crippen LogP contribution in [0.4, 0.5) is 5.69 Å². The molecule has 2 unspecified atom stereocenters. The second-order valence-electron chi connectivity index (χ2n) is 8.36. The first-order chi connectivity index (χ1) is 12.3. The number of fused-ring (bicyclic) bond motifs is 3. The van der Waals surface area contributed by atoms with Crippen molar-refractivity contribution < 1.29 is 0 Å². The molecule has 0 spiro atoms. The molecule has 5 rings (SSSR count). The molecule has 4 nitrogen and oxygen atoms in total. The number of H-pyrrole nitrogens is 1. The van der Waals surface area contributed by atoms with E-state index in [1.54, 1.807) is 0 Å². The van der Waals surface area contributed by atoms with Crippen LogP contribution in [0, 0.1) is 5.92 Å². The van der Waals surface area contributed by atoms with Crippen molar-refractivity contribution in [2.24, 2.45) is 5.92 Å². The number of aromatic amines is 1. The molecule has 1 aromatic heterocycles.